The van der Waals surface area contributed by atoms with Gasteiger partial charge in [-0.3, -0.25) is 0 Å². The number of anilines is 1. The summed E-state index contributed by atoms with van der Waals surface area (Å²) in [6, 6.07) is 6.48. The first-order valence-electron chi connectivity index (χ1n) is 7.45. The molecule has 0 bridgehead atoms. The number of phenolic OH excluding ortho intramolecular Hbond substituents is 1. The molecule has 1 aliphatic heterocycles. The Labute approximate surface area is 121 Å². The number of ether oxygens (including phenoxy) is 1. The lowest BCUT2D eigenvalue weighted by Gasteiger charge is -2.29. The Balaban J connectivity index is 2.16. The van der Waals surface area contributed by atoms with Gasteiger partial charge in [-0.25, -0.2) is 0 Å². The lowest BCUT2D eigenvalue weighted by Crippen LogP contribution is -2.36. The van der Waals surface area contributed by atoms with E-state index in [9.17, 15) is 5.11 Å². The number of phenols is 1. The summed E-state index contributed by atoms with van der Waals surface area (Å²) in [5, 5.41) is 13.6. The highest BCUT2D eigenvalue weighted by molar-refractivity contribution is 5.54. The molecule has 3 unspecified atom stereocenters. The average Bonchev–Trinajstić information content (AvgIpc) is 2.84. The van der Waals surface area contributed by atoms with E-state index in [0.717, 1.165) is 30.8 Å². The lowest BCUT2D eigenvalue weighted by molar-refractivity contribution is 0.118. The molecule has 0 aromatic heterocycles. The van der Waals surface area contributed by atoms with E-state index in [4.69, 9.17) is 4.74 Å². The van der Waals surface area contributed by atoms with Crippen molar-refractivity contribution in [3.05, 3.63) is 23.8 Å². The lowest BCUT2D eigenvalue weighted by atomic mass is 10.0. The van der Waals surface area contributed by atoms with Crippen LogP contribution in [0, 0.1) is 0 Å². The second kappa shape index (κ2) is 6.46. The number of hydrogen-bond acceptors (Lipinski definition) is 4. The number of nitrogens with one attached hydrogen (secondary N) is 1. The monoisotopic (exact) mass is 278 g/mol. The normalized spacial score (nSPS) is 23.8. The third kappa shape index (κ3) is 3.07. The molecule has 1 saturated heterocycles. The molecule has 3 atom stereocenters. The fourth-order valence-corrected chi connectivity index (χ4v) is 2.95. The Bertz CT molecular complexity index is 450. The summed E-state index contributed by atoms with van der Waals surface area (Å²) in [5.41, 5.74) is 1.98. The van der Waals surface area contributed by atoms with Gasteiger partial charge in [0.1, 0.15) is 5.75 Å². The van der Waals surface area contributed by atoms with Crippen LogP contribution in [0.2, 0.25) is 0 Å². The van der Waals surface area contributed by atoms with Gasteiger partial charge in [0.15, 0.2) is 0 Å². The van der Waals surface area contributed by atoms with E-state index < -0.39 is 0 Å². The van der Waals surface area contributed by atoms with Crippen LogP contribution in [-0.4, -0.2) is 37.5 Å². The Morgan fingerprint density at radius 2 is 2.25 bits per heavy atom. The van der Waals surface area contributed by atoms with E-state index in [1.807, 2.05) is 12.1 Å². The van der Waals surface area contributed by atoms with Crippen molar-refractivity contribution >= 4 is 5.69 Å². The SMILES string of the molecule is CCNC(C)c1ccc(N(C)C2CCOC2C)cc1O. The molecule has 4 nitrogen and oxygen atoms in total. The van der Waals surface area contributed by atoms with E-state index in [1.54, 1.807) is 0 Å². The van der Waals surface area contributed by atoms with Crippen molar-refractivity contribution in [1.82, 2.24) is 5.32 Å². The first-order valence-corrected chi connectivity index (χ1v) is 7.45. The Hall–Kier alpha value is -1.26. The molecule has 1 aromatic rings. The summed E-state index contributed by atoms with van der Waals surface area (Å²) in [6.45, 7) is 7.94. The highest BCUT2D eigenvalue weighted by atomic mass is 16.5. The molecule has 2 rings (SSSR count). The Morgan fingerprint density at radius 3 is 2.80 bits per heavy atom. The third-order valence-corrected chi connectivity index (χ3v) is 4.23. The first-order chi connectivity index (χ1) is 9.54. The molecule has 0 amide bonds. The summed E-state index contributed by atoms with van der Waals surface area (Å²) < 4.78 is 5.62. The smallest absolute Gasteiger partial charge is 0.122 e. The number of benzene rings is 1. The van der Waals surface area contributed by atoms with Gasteiger partial charge in [-0.2, -0.15) is 0 Å². The zero-order valence-corrected chi connectivity index (χ0v) is 12.9. The van der Waals surface area contributed by atoms with Gasteiger partial charge in [0.05, 0.1) is 12.1 Å². The second-order valence-corrected chi connectivity index (χ2v) is 5.57. The van der Waals surface area contributed by atoms with Crippen molar-refractivity contribution in [2.45, 2.75) is 45.4 Å². The Kier molecular flexibility index (Phi) is 4.89. The van der Waals surface area contributed by atoms with Crippen LogP contribution in [0.3, 0.4) is 0 Å². The summed E-state index contributed by atoms with van der Waals surface area (Å²) >= 11 is 0. The van der Waals surface area contributed by atoms with Crippen molar-refractivity contribution in [3.8, 4) is 5.75 Å². The molecule has 2 N–H and O–H groups in total. The molecule has 0 spiro atoms. The van der Waals surface area contributed by atoms with Gasteiger partial charge in [0.25, 0.3) is 0 Å². The van der Waals surface area contributed by atoms with Gasteiger partial charge in [0, 0.05) is 37.0 Å². The van der Waals surface area contributed by atoms with Gasteiger partial charge < -0.3 is 20.1 Å². The summed E-state index contributed by atoms with van der Waals surface area (Å²) in [6.07, 6.45) is 1.27. The molecule has 1 aliphatic rings. The molecule has 20 heavy (non-hydrogen) atoms. The first kappa shape index (κ1) is 15.1. The van der Waals surface area contributed by atoms with E-state index in [0.29, 0.717) is 11.8 Å². The zero-order valence-electron chi connectivity index (χ0n) is 12.9. The number of rotatable bonds is 5. The van der Waals surface area contributed by atoms with Crippen molar-refractivity contribution in [1.29, 1.82) is 0 Å². The van der Waals surface area contributed by atoms with Crippen molar-refractivity contribution < 1.29 is 9.84 Å². The predicted molar refractivity (Wildman–Crippen MR) is 82.4 cm³/mol. The molecule has 4 heteroatoms. The molecule has 0 saturated carbocycles. The fourth-order valence-electron chi connectivity index (χ4n) is 2.95. The van der Waals surface area contributed by atoms with E-state index >= 15 is 0 Å². The molecular formula is C16H26N2O2. The maximum atomic E-state index is 10.2. The zero-order chi connectivity index (χ0) is 14.7. The van der Waals surface area contributed by atoms with E-state index in [-0.39, 0.29) is 12.1 Å². The molecule has 1 aromatic carbocycles. The quantitative estimate of drug-likeness (QED) is 0.869. The average molecular weight is 278 g/mol. The minimum absolute atomic E-state index is 0.160. The molecular weight excluding hydrogens is 252 g/mol. The molecule has 0 radical (unpaired) electrons. The third-order valence-electron chi connectivity index (χ3n) is 4.23. The minimum Gasteiger partial charge on any atom is -0.508 e. The van der Waals surface area contributed by atoms with Crippen LogP contribution in [0.5, 0.6) is 5.75 Å². The van der Waals surface area contributed by atoms with Crippen LogP contribution in [-0.2, 0) is 4.74 Å². The van der Waals surface area contributed by atoms with Gasteiger partial charge in [-0.1, -0.05) is 13.0 Å². The number of likely N-dealkylation sites (N-methyl/N-ethyl adjacent to an activating group) is 1. The van der Waals surface area contributed by atoms with Crippen LogP contribution in [0.4, 0.5) is 5.69 Å². The van der Waals surface area contributed by atoms with E-state index in [2.05, 4.69) is 44.1 Å². The number of nitrogens with zero attached hydrogens (tertiary/aromatic N) is 1. The van der Waals surface area contributed by atoms with Gasteiger partial charge in [-0.15, -0.1) is 0 Å². The molecule has 1 heterocycles. The minimum atomic E-state index is 0.160. The van der Waals surface area contributed by atoms with Gasteiger partial charge >= 0.3 is 0 Å². The largest absolute Gasteiger partial charge is 0.508 e. The van der Waals surface area contributed by atoms with Crippen molar-refractivity contribution in [2.75, 3.05) is 25.1 Å². The van der Waals surface area contributed by atoms with Crippen LogP contribution in [0.25, 0.3) is 0 Å². The fraction of sp³-hybridized carbons (Fsp3) is 0.625. The van der Waals surface area contributed by atoms with Crippen LogP contribution in [0.15, 0.2) is 18.2 Å². The topological polar surface area (TPSA) is 44.7 Å². The maximum absolute atomic E-state index is 10.2. The number of hydrogen-bond donors (Lipinski definition) is 2. The second-order valence-electron chi connectivity index (χ2n) is 5.57. The molecule has 0 aliphatic carbocycles. The predicted octanol–water partition coefficient (Wildman–Crippen LogP) is 2.68. The van der Waals surface area contributed by atoms with Gasteiger partial charge in [-0.05, 0) is 32.9 Å². The molecule has 1 fully saturated rings. The van der Waals surface area contributed by atoms with Crippen LogP contribution in [0.1, 0.15) is 38.8 Å². The highest BCUT2D eigenvalue weighted by Gasteiger charge is 2.28. The molecule has 112 valence electrons. The van der Waals surface area contributed by atoms with Crippen LogP contribution < -0.4 is 10.2 Å². The Morgan fingerprint density at radius 1 is 1.50 bits per heavy atom. The van der Waals surface area contributed by atoms with Crippen LogP contribution >= 0.6 is 0 Å². The summed E-state index contributed by atoms with van der Waals surface area (Å²) in [7, 11) is 2.07. The summed E-state index contributed by atoms with van der Waals surface area (Å²) in [4.78, 5) is 2.21. The van der Waals surface area contributed by atoms with E-state index in [1.165, 1.54) is 0 Å². The number of aromatic hydroxyl groups is 1. The van der Waals surface area contributed by atoms with Gasteiger partial charge in [0.2, 0.25) is 0 Å². The van der Waals surface area contributed by atoms with Crippen molar-refractivity contribution in [2.24, 2.45) is 0 Å². The van der Waals surface area contributed by atoms with Crippen molar-refractivity contribution in [3.63, 3.8) is 0 Å². The standard InChI is InChI=1S/C16H26N2O2/c1-5-17-11(2)14-7-6-13(10-16(14)19)18(4)15-8-9-20-12(15)3/h6-7,10-12,15,17,19H,5,8-9H2,1-4H3. The summed E-state index contributed by atoms with van der Waals surface area (Å²) in [5.74, 6) is 0.356. The highest BCUT2D eigenvalue weighted by Crippen LogP contribution is 2.31. The maximum Gasteiger partial charge on any atom is 0.122 e.